The molecule has 5 rings (SSSR count). The number of aryl methyl sites for hydroxylation is 1. The molecule has 11 nitrogen and oxygen atoms in total. The number of carbonyl (C=O) groups is 1. The van der Waals surface area contributed by atoms with Gasteiger partial charge in [0.05, 0.1) is 36.0 Å². The summed E-state index contributed by atoms with van der Waals surface area (Å²) in [7, 11) is -3.41. The van der Waals surface area contributed by atoms with Gasteiger partial charge in [0, 0.05) is 25.0 Å². The number of sulfone groups is 1. The number of anilines is 2. The van der Waals surface area contributed by atoms with E-state index in [2.05, 4.69) is 10.6 Å². The van der Waals surface area contributed by atoms with Gasteiger partial charge < -0.3 is 28.1 Å². The lowest BCUT2D eigenvalue weighted by atomic mass is 9.97. The van der Waals surface area contributed by atoms with Gasteiger partial charge in [-0.3, -0.25) is 0 Å². The topological polar surface area (TPSA) is 132 Å². The molecule has 0 radical (unpaired) electrons. The summed E-state index contributed by atoms with van der Waals surface area (Å²) in [6.45, 7) is 4.08. The van der Waals surface area contributed by atoms with Crippen LogP contribution in [0.15, 0.2) is 47.4 Å². The van der Waals surface area contributed by atoms with Crippen LogP contribution in [0.4, 0.5) is 16.6 Å². The van der Waals surface area contributed by atoms with Crippen molar-refractivity contribution >= 4 is 61.6 Å². The van der Waals surface area contributed by atoms with Crippen LogP contribution in [-0.4, -0.2) is 75.3 Å². The Balaban J connectivity index is 1.42. The first-order valence-corrected chi connectivity index (χ1v) is 14.7. The molecule has 1 amide bonds. The van der Waals surface area contributed by atoms with Crippen molar-refractivity contribution in [1.82, 2.24) is 15.3 Å². The molecular weight excluding hydrogens is 625 g/mol. The molecule has 0 unspecified atom stereocenters. The number of rotatable bonds is 8. The van der Waals surface area contributed by atoms with Crippen LogP contribution in [-0.2, 0) is 28.9 Å². The fraction of sp³-hybridized carbons (Fsp3) is 0.400. The van der Waals surface area contributed by atoms with Crippen molar-refractivity contribution in [3.05, 3.63) is 53.6 Å². The predicted molar refractivity (Wildman–Crippen MR) is 150 cm³/mol. The molecule has 0 aliphatic carbocycles. The molecule has 13 heteroatoms. The van der Waals surface area contributed by atoms with Crippen molar-refractivity contribution < 1.29 is 25.8 Å². The van der Waals surface area contributed by atoms with Crippen LogP contribution in [0.3, 0.4) is 0 Å². The number of fused-ring (bicyclic) bond motifs is 2. The monoisotopic (exact) mass is 653 g/mol. The molecule has 3 heterocycles. The standard InChI is InChI=1S/C25H28IN5O6S/c1-17-6-7-20-19(12-17)22(27-14-25(15-35-16-25)30-24(32)36-9-10-37-26)29-23(28-20)31-8-11-38(33,34)21-5-3-2-4-18(21)13-31/h2-7,12H,8-11,13-16H2,1H3,(H,30,32)(H,27,28,29). The molecule has 1 fully saturated rings. The Kier molecular flexibility index (Phi) is 7.88. The molecule has 2 aromatic carbocycles. The normalized spacial score (nSPS) is 17.7. The summed E-state index contributed by atoms with van der Waals surface area (Å²) in [4.78, 5) is 24.1. The van der Waals surface area contributed by atoms with Gasteiger partial charge in [0.25, 0.3) is 0 Å². The zero-order chi connectivity index (χ0) is 26.8. The van der Waals surface area contributed by atoms with E-state index in [4.69, 9.17) is 22.5 Å². The Hall–Kier alpha value is -2.75. The van der Waals surface area contributed by atoms with Crippen LogP contribution < -0.4 is 15.5 Å². The lowest BCUT2D eigenvalue weighted by molar-refractivity contribution is -0.0648. The number of halogens is 1. The van der Waals surface area contributed by atoms with Crippen LogP contribution in [0.25, 0.3) is 10.9 Å². The van der Waals surface area contributed by atoms with Crippen molar-refractivity contribution in [3.8, 4) is 0 Å². The number of nitrogens with one attached hydrogen (secondary N) is 2. The fourth-order valence-electron chi connectivity index (χ4n) is 4.48. The second-order valence-electron chi connectivity index (χ2n) is 9.44. The molecule has 0 bridgehead atoms. The third-order valence-corrected chi connectivity index (χ3v) is 8.76. The van der Waals surface area contributed by atoms with Crippen molar-refractivity contribution in [1.29, 1.82) is 0 Å². The van der Waals surface area contributed by atoms with Gasteiger partial charge in [-0.1, -0.05) is 29.8 Å². The SMILES string of the molecule is Cc1ccc2nc(N3CCS(=O)(=O)c4ccccc4C3)nc(NCC3(NC(=O)OCCOI)COC3)c2c1. The van der Waals surface area contributed by atoms with Crippen LogP contribution in [0, 0.1) is 6.92 Å². The fourth-order valence-corrected chi connectivity index (χ4v) is 6.16. The number of alkyl carbamates (subject to hydrolysis) is 1. The van der Waals surface area contributed by atoms with E-state index in [0.29, 0.717) is 55.1 Å². The molecular formula is C25H28IN5O6S. The lowest BCUT2D eigenvalue weighted by Crippen LogP contribution is -2.66. The Labute approximate surface area is 234 Å². The van der Waals surface area contributed by atoms with Crippen LogP contribution >= 0.6 is 23.0 Å². The minimum absolute atomic E-state index is 0.0306. The highest BCUT2D eigenvalue weighted by Crippen LogP contribution is 2.29. The first kappa shape index (κ1) is 26.8. The van der Waals surface area contributed by atoms with E-state index < -0.39 is 21.5 Å². The predicted octanol–water partition coefficient (Wildman–Crippen LogP) is 3.01. The third-order valence-electron chi connectivity index (χ3n) is 6.53. The van der Waals surface area contributed by atoms with E-state index in [1.165, 1.54) is 0 Å². The van der Waals surface area contributed by atoms with E-state index in [-0.39, 0.29) is 18.9 Å². The van der Waals surface area contributed by atoms with Crippen molar-refractivity contribution in [2.45, 2.75) is 23.9 Å². The van der Waals surface area contributed by atoms with Crippen LogP contribution in [0.5, 0.6) is 0 Å². The van der Waals surface area contributed by atoms with E-state index in [1.54, 1.807) is 35.1 Å². The molecule has 2 N–H and O–H groups in total. The second-order valence-corrected chi connectivity index (χ2v) is 12.1. The lowest BCUT2D eigenvalue weighted by Gasteiger charge is -2.41. The van der Waals surface area contributed by atoms with E-state index in [1.807, 2.05) is 42.2 Å². The molecule has 1 aromatic heterocycles. The highest BCUT2D eigenvalue weighted by molar-refractivity contribution is 14.1. The molecule has 2 aliphatic heterocycles. The maximum Gasteiger partial charge on any atom is 0.407 e. The number of benzene rings is 2. The molecule has 0 atom stereocenters. The number of amides is 1. The highest BCUT2D eigenvalue weighted by atomic mass is 127. The summed E-state index contributed by atoms with van der Waals surface area (Å²) in [5.41, 5.74) is 1.84. The molecule has 3 aromatic rings. The summed E-state index contributed by atoms with van der Waals surface area (Å²) in [6, 6.07) is 13.0. The van der Waals surface area contributed by atoms with Crippen molar-refractivity contribution in [3.63, 3.8) is 0 Å². The van der Waals surface area contributed by atoms with Gasteiger partial charge >= 0.3 is 6.09 Å². The zero-order valence-corrected chi connectivity index (χ0v) is 23.7. The number of hydrogen-bond donors (Lipinski definition) is 2. The highest BCUT2D eigenvalue weighted by Gasteiger charge is 2.41. The Morgan fingerprint density at radius 3 is 2.76 bits per heavy atom. The van der Waals surface area contributed by atoms with E-state index in [9.17, 15) is 13.2 Å². The number of carbonyl (C=O) groups excluding carboxylic acids is 1. The zero-order valence-electron chi connectivity index (χ0n) is 20.8. The molecule has 1 saturated heterocycles. The number of aromatic nitrogens is 2. The summed E-state index contributed by atoms with van der Waals surface area (Å²) >= 11 is 1.75. The van der Waals surface area contributed by atoms with Gasteiger partial charge in [-0.15, -0.1) is 0 Å². The summed E-state index contributed by atoms with van der Waals surface area (Å²) in [5.74, 6) is 0.992. The Bertz CT molecular complexity index is 1450. The first-order valence-electron chi connectivity index (χ1n) is 12.1. The molecule has 0 spiro atoms. The third kappa shape index (κ3) is 5.80. The first-order chi connectivity index (χ1) is 18.3. The smallest absolute Gasteiger partial charge is 0.407 e. The van der Waals surface area contributed by atoms with Crippen molar-refractivity contribution in [2.75, 3.05) is 55.5 Å². The average molecular weight is 653 g/mol. The largest absolute Gasteiger partial charge is 0.447 e. The number of nitrogens with zero attached hydrogens (tertiary/aromatic N) is 3. The summed E-state index contributed by atoms with van der Waals surface area (Å²) in [5, 5.41) is 7.11. The van der Waals surface area contributed by atoms with Gasteiger partial charge in [-0.05, 0) is 30.7 Å². The van der Waals surface area contributed by atoms with Gasteiger partial charge in [0.15, 0.2) is 9.84 Å². The molecule has 0 saturated carbocycles. The quantitative estimate of drug-likeness (QED) is 0.276. The van der Waals surface area contributed by atoms with Crippen molar-refractivity contribution in [2.24, 2.45) is 0 Å². The van der Waals surface area contributed by atoms with Crippen LogP contribution in [0.1, 0.15) is 11.1 Å². The van der Waals surface area contributed by atoms with Crippen LogP contribution in [0.2, 0.25) is 0 Å². The van der Waals surface area contributed by atoms with Gasteiger partial charge in [0.1, 0.15) is 41.0 Å². The average Bonchev–Trinajstić information content (AvgIpc) is 3.01. The summed E-state index contributed by atoms with van der Waals surface area (Å²) < 4.78 is 41.2. The number of hydrogen-bond acceptors (Lipinski definition) is 10. The van der Waals surface area contributed by atoms with Gasteiger partial charge in [-0.25, -0.2) is 18.2 Å². The second kappa shape index (κ2) is 11.2. The molecule has 38 heavy (non-hydrogen) atoms. The molecule has 202 valence electrons. The maximum atomic E-state index is 12.9. The Morgan fingerprint density at radius 2 is 2.00 bits per heavy atom. The van der Waals surface area contributed by atoms with E-state index >= 15 is 0 Å². The minimum atomic E-state index is -3.41. The van der Waals surface area contributed by atoms with Gasteiger partial charge in [0.2, 0.25) is 5.95 Å². The maximum absolute atomic E-state index is 12.9. The summed E-state index contributed by atoms with van der Waals surface area (Å²) in [6.07, 6.45) is -0.544. The molecule has 2 aliphatic rings. The van der Waals surface area contributed by atoms with Gasteiger partial charge in [-0.2, -0.15) is 4.98 Å². The van der Waals surface area contributed by atoms with E-state index in [0.717, 1.165) is 16.5 Å². The number of ether oxygens (including phenoxy) is 2. The Morgan fingerprint density at radius 1 is 1.18 bits per heavy atom. The minimum Gasteiger partial charge on any atom is -0.447 e.